The van der Waals surface area contributed by atoms with Gasteiger partial charge in [-0.2, -0.15) is 0 Å². The van der Waals surface area contributed by atoms with Gasteiger partial charge in [0.1, 0.15) is 0 Å². The maximum absolute atomic E-state index is 7.86. The predicted molar refractivity (Wildman–Crippen MR) is 79.0 cm³/mol. The molecule has 0 bridgehead atoms. The molecule has 0 spiro atoms. The van der Waals surface area contributed by atoms with Gasteiger partial charge in [-0.25, -0.2) is 0 Å². The Kier molecular flexibility index (Phi) is 1.73. The summed E-state index contributed by atoms with van der Waals surface area (Å²) in [5.41, 5.74) is 0. The molecule has 0 heterocycles. The fourth-order valence-corrected chi connectivity index (χ4v) is 2.79. The van der Waals surface area contributed by atoms with Crippen molar-refractivity contribution >= 4 is 32.3 Å². The molecular formula is C18H12. The lowest BCUT2D eigenvalue weighted by molar-refractivity contribution is 1.77. The third kappa shape index (κ3) is 1.20. The Morgan fingerprint density at radius 2 is 0.778 bits per heavy atom. The number of rotatable bonds is 0. The molecule has 0 fully saturated rings. The molecule has 4 aromatic carbocycles. The Morgan fingerprint density at radius 1 is 0.444 bits per heavy atom. The summed E-state index contributed by atoms with van der Waals surface area (Å²) in [5.74, 6) is 0. The first-order valence-electron chi connectivity index (χ1n) is 6.64. The number of hydrogen-bond donors (Lipinski definition) is 0. The first kappa shape index (κ1) is 8.71. The van der Waals surface area contributed by atoms with Gasteiger partial charge < -0.3 is 0 Å². The Morgan fingerprint density at radius 3 is 1.22 bits per heavy atom. The second-order valence-corrected chi connectivity index (χ2v) is 4.56. The second-order valence-electron chi connectivity index (χ2n) is 4.56. The molecule has 0 atom stereocenters. The van der Waals surface area contributed by atoms with Crippen LogP contribution in [0.15, 0.2) is 72.8 Å². The summed E-state index contributed by atoms with van der Waals surface area (Å²) in [4.78, 5) is 0. The molecule has 0 saturated heterocycles. The third-order valence-electron chi connectivity index (χ3n) is 3.59. The summed E-state index contributed by atoms with van der Waals surface area (Å²) in [6.45, 7) is 0. The van der Waals surface area contributed by atoms with Crippen LogP contribution < -0.4 is 0 Å². The molecular weight excluding hydrogens is 216 g/mol. The minimum Gasteiger partial charge on any atom is -0.0616 e. The van der Waals surface area contributed by atoms with Gasteiger partial charge in [-0.15, -0.1) is 0 Å². The molecule has 0 aliphatic rings. The minimum absolute atomic E-state index is 0.563. The molecule has 0 N–H and O–H groups in total. The molecule has 18 heavy (non-hydrogen) atoms. The van der Waals surface area contributed by atoms with Gasteiger partial charge in [-0.1, -0.05) is 72.8 Å². The van der Waals surface area contributed by atoms with Gasteiger partial charge >= 0.3 is 0 Å². The van der Waals surface area contributed by atoms with Crippen molar-refractivity contribution in [1.29, 1.82) is 0 Å². The Balaban J connectivity index is 2.43. The molecule has 0 nitrogen and oxygen atoms in total. The molecule has 0 amide bonds. The Labute approximate surface area is 107 Å². The largest absolute Gasteiger partial charge is 0.0623 e. The van der Waals surface area contributed by atoms with Crippen LogP contribution in [0, 0.1) is 0 Å². The van der Waals surface area contributed by atoms with Crippen LogP contribution in [0.3, 0.4) is 0 Å². The van der Waals surface area contributed by atoms with E-state index in [-0.39, 0.29) is 0 Å². The monoisotopic (exact) mass is 229 g/mol. The first-order valence-corrected chi connectivity index (χ1v) is 6.14. The van der Waals surface area contributed by atoms with Gasteiger partial charge in [0.15, 0.2) is 0 Å². The van der Waals surface area contributed by atoms with Gasteiger partial charge in [0.25, 0.3) is 0 Å². The highest BCUT2D eigenvalue weighted by Crippen LogP contribution is 2.34. The maximum atomic E-state index is 7.86. The van der Waals surface area contributed by atoms with Crippen LogP contribution in [-0.4, -0.2) is 0 Å². The van der Waals surface area contributed by atoms with Gasteiger partial charge in [-0.05, 0) is 32.3 Å². The van der Waals surface area contributed by atoms with E-state index in [4.69, 9.17) is 1.37 Å². The quantitative estimate of drug-likeness (QED) is 0.366. The molecule has 4 aromatic rings. The zero-order valence-electron chi connectivity index (χ0n) is 10.9. The van der Waals surface area contributed by atoms with E-state index in [9.17, 15) is 0 Å². The summed E-state index contributed by atoms with van der Waals surface area (Å²) in [7, 11) is 0. The van der Waals surface area contributed by atoms with Gasteiger partial charge in [0, 0.05) is 0 Å². The van der Waals surface area contributed by atoms with Crippen LogP contribution in [0.5, 0.6) is 0 Å². The smallest absolute Gasteiger partial charge is 0.0616 e. The lowest BCUT2D eigenvalue weighted by Gasteiger charge is -2.09. The molecule has 0 aliphatic heterocycles. The van der Waals surface area contributed by atoms with Crippen molar-refractivity contribution < 1.29 is 1.37 Å². The molecule has 0 saturated carbocycles. The zero-order valence-corrected chi connectivity index (χ0v) is 9.85. The Hall–Kier alpha value is -2.34. The lowest BCUT2D eigenvalue weighted by atomic mass is 9.95. The fourth-order valence-electron chi connectivity index (χ4n) is 2.79. The van der Waals surface area contributed by atoms with Crippen molar-refractivity contribution in [3.8, 4) is 0 Å². The summed E-state index contributed by atoms with van der Waals surface area (Å²) < 4.78 is 7.86. The summed E-state index contributed by atoms with van der Waals surface area (Å²) in [5, 5.41) is 7.42. The van der Waals surface area contributed by atoms with Gasteiger partial charge in [-0.3, -0.25) is 0 Å². The van der Waals surface area contributed by atoms with Crippen LogP contribution in [0.1, 0.15) is 1.37 Å². The van der Waals surface area contributed by atoms with Crippen LogP contribution in [0.25, 0.3) is 32.3 Å². The highest BCUT2D eigenvalue weighted by molar-refractivity contribution is 6.25. The third-order valence-corrected chi connectivity index (χ3v) is 3.59. The van der Waals surface area contributed by atoms with Crippen molar-refractivity contribution in [3.63, 3.8) is 0 Å². The topological polar surface area (TPSA) is 0 Å². The average Bonchev–Trinajstić information content (AvgIpc) is 2.47. The van der Waals surface area contributed by atoms with Crippen LogP contribution in [0.4, 0.5) is 0 Å². The Bertz CT molecular complexity index is 887. The van der Waals surface area contributed by atoms with E-state index in [1.807, 2.05) is 12.1 Å². The van der Waals surface area contributed by atoms with Gasteiger partial charge in [0.2, 0.25) is 0 Å². The number of fused-ring (bicyclic) bond motifs is 6. The van der Waals surface area contributed by atoms with Crippen molar-refractivity contribution in [2.45, 2.75) is 0 Å². The van der Waals surface area contributed by atoms with Crippen molar-refractivity contribution in [2.75, 3.05) is 0 Å². The summed E-state index contributed by atoms with van der Waals surface area (Å²) in [6.07, 6.45) is 0. The SMILES string of the molecule is [2H]c1ccc2c3ccccc3c3ccccc3c2c1. The second kappa shape index (κ2) is 3.58. The van der Waals surface area contributed by atoms with Crippen molar-refractivity contribution in [2.24, 2.45) is 0 Å². The fraction of sp³-hybridized carbons (Fsp3) is 0. The van der Waals surface area contributed by atoms with Crippen LogP contribution >= 0.6 is 0 Å². The number of benzene rings is 4. The molecule has 0 aromatic heterocycles. The van der Waals surface area contributed by atoms with E-state index in [1.165, 1.54) is 32.3 Å². The van der Waals surface area contributed by atoms with E-state index in [0.717, 1.165) is 0 Å². The van der Waals surface area contributed by atoms with E-state index in [2.05, 4.69) is 54.6 Å². The highest BCUT2D eigenvalue weighted by atomic mass is 14.1. The van der Waals surface area contributed by atoms with E-state index < -0.39 is 0 Å². The molecule has 0 aliphatic carbocycles. The molecule has 0 radical (unpaired) electrons. The predicted octanol–water partition coefficient (Wildman–Crippen LogP) is 5.15. The molecule has 0 unspecified atom stereocenters. The standard InChI is InChI=1S/C18H12/c1-2-8-14-13(7-1)15-9-3-4-11-17(15)18-12-6-5-10-16(14)18/h1-12H/i1D. The molecule has 0 heteroatoms. The van der Waals surface area contributed by atoms with E-state index >= 15 is 0 Å². The van der Waals surface area contributed by atoms with E-state index in [0.29, 0.717) is 6.04 Å². The normalized spacial score (nSPS) is 12.1. The number of hydrogen-bond acceptors (Lipinski definition) is 0. The summed E-state index contributed by atoms with van der Waals surface area (Å²) in [6, 6.07) is 23.4. The first-order chi connectivity index (χ1) is 9.34. The lowest BCUT2D eigenvalue weighted by Crippen LogP contribution is -1.81. The summed E-state index contributed by atoms with van der Waals surface area (Å²) >= 11 is 0. The molecule has 4 rings (SSSR count). The highest BCUT2D eigenvalue weighted by Gasteiger charge is 2.06. The maximum Gasteiger partial charge on any atom is 0.0623 e. The van der Waals surface area contributed by atoms with Crippen LogP contribution in [0.2, 0.25) is 0 Å². The zero-order chi connectivity index (χ0) is 12.8. The van der Waals surface area contributed by atoms with Crippen molar-refractivity contribution in [3.05, 3.63) is 72.8 Å². The van der Waals surface area contributed by atoms with Crippen molar-refractivity contribution in [1.82, 2.24) is 0 Å². The average molecular weight is 229 g/mol. The minimum atomic E-state index is 0.563. The van der Waals surface area contributed by atoms with Crippen LogP contribution in [-0.2, 0) is 0 Å². The van der Waals surface area contributed by atoms with E-state index in [1.54, 1.807) is 0 Å². The molecule has 84 valence electrons. The van der Waals surface area contributed by atoms with Gasteiger partial charge in [0.05, 0.1) is 1.37 Å².